The van der Waals surface area contributed by atoms with Crippen LogP contribution in [-0.2, 0) is 0 Å². The van der Waals surface area contributed by atoms with Gasteiger partial charge in [0.2, 0.25) is 0 Å². The van der Waals surface area contributed by atoms with E-state index in [9.17, 15) is 9.90 Å². The Morgan fingerprint density at radius 3 is 2.82 bits per heavy atom. The zero-order valence-electron chi connectivity index (χ0n) is 5.74. The van der Waals surface area contributed by atoms with Crippen LogP contribution in [0.2, 0.25) is 0 Å². The first-order valence-corrected chi connectivity index (χ1v) is 3.03. The Morgan fingerprint density at radius 1 is 1.55 bits per heavy atom. The third-order valence-electron chi connectivity index (χ3n) is 1.35. The number of phenolic OH excluding ortho intramolecular Hbond substituents is 1. The summed E-state index contributed by atoms with van der Waals surface area (Å²) in [6.45, 7) is 0. The number of rotatable bonds is 1. The maximum Gasteiger partial charge on any atom is 0.153 e. The van der Waals surface area contributed by atoms with E-state index in [2.05, 4.69) is 5.92 Å². The quantitative estimate of drug-likeness (QED) is 0.477. The van der Waals surface area contributed by atoms with Crippen molar-refractivity contribution < 1.29 is 9.90 Å². The number of benzene rings is 1. The summed E-state index contributed by atoms with van der Waals surface area (Å²) in [7, 11) is 0. The number of para-hydroxylation sites is 1. The number of hydrogen-bond donors (Lipinski definition) is 1. The lowest BCUT2D eigenvalue weighted by Crippen LogP contribution is -1.83. The molecule has 0 bridgehead atoms. The Labute approximate surface area is 64.5 Å². The van der Waals surface area contributed by atoms with Crippen LogP contribution in [0.3, 0.4) is 0 Å². The van der Waals surface area contributed by atoms with Crippen molar-refractivity contribution in [1.29, 1.82) is 0 Å². The second kappa shape index (κ2) is 2.89. The van der Waals surface area contributed by atoms with Gasteiger partial charge in [0.1, 0.15) is 5.75 Å². The SMILES string of the molecule is C#Cc1cccc(C=O)c1O. The third kappa shape index (κ3) is 1.22. The largest absolute Gasteiger partial charge is 0.506 e. The molecule has 0 fully saturated rings. The Morgan fingerprint density at radius 2 is 2.27 bits per heavy atom. The van der Waals surface area contributed by atoms with Crippen LogP contribution in [0.4, 0.5) is 0 Å². The number of terminal acetylenes is 1. The molecular formula is C9H6O2. The van der Waals surface area contributed by atoms with Gasteiger partial charge in [-0.2, -0.15) is 0 Å². The molecule has 0 aliphatic rings. The number of carbonyl (C=O) groups is 1. The first-order chi connectivity index (χ1) is 5.29. The average molecular weight is 146 g/mol. The molecule has 0 atom stereocenters. The van der Waals surface area contributed by atoms with Crippen LogP contribution in [0.15, 0.2) is 18.2 Å². The molecule has 1 aromatic rings. The van der Waals surface area contributed by atoms with Crippen molar-refractivity contribution in [1.82, 2.24) is 0 Å². The molecule has 0 aliphatic heterocycles. The molecule has 0 aromatic heterocycles. The second-order valence-electron chi connectivity index (χ2n) is 2.01. The maximum atomic E-state index is 10.3. The van der Waals surface area contributed by atoms with E-state index in [0.29, 0.717) is 11.8 Å². The molecular weight excluding hydrogens is 140 g/mol. The smallest absolute Gasteiger partial charge is 0.153 e. The van der Waals surface area contributed by atoms with Gasteiger partial charge in [0.15, 0.2) is 6.29 Å². The van der Waals surface area contributed by atoms with Crippen LogP contribution in [0.1, 0.15) is 15.9 Å². The van der Waals surface area contributed by atoms with Crippen LogP contribution >= 0.6 is 0 Å². The van der Waals surface area contributed by atoms with E-state index in [1.54, 1.807) is 12.1 Å². The molecule has 1 N–H and O–H groups in total. The molecule has 2 nitrogen and oxygen atoms in total. The van der Waals surface area contributed by atoms with E-state index in [4.69, 9.17) is 6.42 Å². The number of phenols is 1. The monoisotopic (exact) mass is 146 g/mol. The third-order valence-corrected chi connectivity index (χ3v) is 1.35. The van der Waals surface area contributed by atoms with E-state index in [0.717, 1.165) is 0 Å². The summed E-state index contributed by atoms with van der Waals surface area (Å²) in [5.74, 6) is 2.14. The van der Waals surface area contributed by atoms with E-state index >= 15 is 0 Å². The van der Waals surface area contributed by atoms with Crippen LogP contribution in [-0.4, -0.2) is 11.4 Å². The predicted octanol–water partition coefficient (Wildman–Crippen LogP) is 1.19. The Hall–Kier alpha value is -1.75. The fourth-order valence-corrected chi connectivity index (χ4v) is 0.773. The lowest BCUT2D eigenvalue weighted by atomic mass is 10.1. The van der Waals surface area contributed by atoms with E-state index in [1.165, 1.54) is 6.07 Å². The molecule has 11 heavy (non-hydrogen) atoms. The minimum atomic E-state index is -0.120. The minimum absolute atomic E-state index is 0.120. The van der Waals surface area contributed by atoms with Crippen molar-refractivity contribution in [2.24, 2.45) is 0 Å². The zero-order chi connectivity index (χ0) is 8.27. The highest BCUT2D eigenvalue weighted by Gasteiger charge is 2.01. The van der Waals surface area contributed by atoms with Crippen LogP contribution in [0.25, 0.3) is 0 Å². The van der Waals surface area contributed by atoms with Gasteiger partial charge in [0.05, 0.1) is 11.1 Å². The summed E-state index contributed by atoms with van der Waals surface area (Å²) in [5, 5.41) is 9.22. The summed E-state index contributed by atoms with van der Waals surface area (Å²) < 4.78 is 0. The lowest BCUT2D eigenvalue weighted by molar-refractivity contribution is 0.112. The summed E-state index contributed by atoms with van der Waals surface area (Å²) in [6.07, 6.45) is 5.61. The fourth-order valence-electron chi connectivity index (χ4n) is 0.773. The highest BCUT2D eigenvalue weighted by Crippen LogP contribution is 2.19. The van der Waals surface area contributed by atoms with Crippen molar-refractivity contribution in [3.8, 4) is 18.1 Å². The molecule has 0 saturated carbocycles. The summed E-state index contributed by atoms with van der Waals surface area (Å²) in [6, 6.07) is 4.70. The van der Waals surface area contributed by atoms with Gasteiger partial charge in [-0.25, -0.2) is 0 Å². The van der Waals surface area contributed by atoms with Crippen LogP contribution in [0.5, 0.6) is 5.75 Å². The van der Waals surface area contributed by atoms with Crippen molar-refractivity contribution in [2.45, 2.75) is 0 Å². The summed E-state index contributed by atoms with van der Waals surface area (Å²) in [5.41, 5.74) is 0.565. The van der Waals surface area contributed by atoms with Crippen LogP contribution < -0.4 is 0 Å². The van der Waals surface area contributed by atoms with Gasteiger partial charge in [0.25, 0.3) is 0 Å². The Balaban J connectivity index is 3.34. The number of carbonyl (C=O) groups excluding carboxylic acids is 1. The fraction of sp³-hybridized carbons (Fsp3) is 0. The molecule has 2 heteroatoms. The van der Waals surface area contributed by atoms with Gasteiger partial charge in [-0.3, -0.25) is 4.79 Å². The molecule has 0 heterocycles. The molecule has 0 saturated heterocycles. The standard InChI is InChI=1S/C9H6O2/c1-2-7-4-3-5-8(6-10)9(7)11/h1,3-6,11H. The van der Waals surface area contributed by atoms with Crippen molar-refractivity contribution in [2.75, 3.05) is 0 Å². The minimum Gasteiger partial charge on any atom is -0.506 e. The van der Waals surface area contributed by atoms with E-state index in [-0.39, 0.29) is 11.3 Å². The zero-order valence-corrected chi connectivity index (χ0v) is 5.74. The normalized spacial score (nSPS) is 8.64. The summed E-state index contributed by atoms with van der Waals surface area (Å²) >= 11 is 0. The van der Waals surface area contributed by atoms with Crippen molar-refractivity contribution in [3.05, 3.63) is 29.3 Å². The first kappa shape index (κ1) is 7.36. The van der Waals surface area contributed by atoms with E-state index < -0.39 is 0 Å². The topological polar surface area (TPSA) is 37.3 Å². The number of aromatic hydroxyl groups is 1. The molecule has 0 amide bonds. The first-order valence-electron chi connectivity index (χ1n) is 3.03. The molecule has 0 spiro atoms. The Kier molecular flexibility index (Phi) is 1.93. The Bertz CT molecular complexity index is 321. The molecule has 0 unspecified atom stereocenters. The number of aldehydes is 1. The van der Waals surface area contributed by atoms with Gasteiger partial charge in [-0.1, -0.05) is 12.0 Å². The van der Waals surface area contributed by atoms with Crippen molar-refractivity contribution in [3.63, 3.8) is 0 Å². The highest BCUT2D eigenvalue weighted by atomic mass is 16.3. The predicted molar refractivity (Wildman–Crippen MR) is 41.4 cm³/mol. The van der Waals surface area contributed by atoms with Gasteiger partial charge in [0, 0.05) is 0 Å². The molecule has 0 radical (unpaired) electrons. The molecule has 1 rings (SSSR count). The highest BCUT2D eigenvalue weighted by molar-refractivity contribution is 5.80. The maximum absolute atomic E-state index is 10.3. The van der Waals surface area contributed by atoms with E-state index in [1.807, 2.05) is 0 Å². The van der Waals surface area contributed by atoms with Gasteiger partial charge < -0.3 is 5.11 Å². The second-order valence-corrected chi connectivity index (χ2v) is 2.01. The average Bonchev–Trinajstić information content (AvgIpc) is 2.05. The van der Waals surface area contributed by atoms with Crippen molar-refractivity contribution >= 4 is 6.29 Å². The molecule has 54 valence electrons. The van der Waals surface area contributed by atoms with Crippen LogP contribution in [0, 0.1) is 12.3 Å². The number of hydrogen-bond acceptors (Lipinski definition) is 2. The van der Waals surface area contributed by atoms with Gasteiger partial charge >= 0.3 is 0 Å². The summed E-state index contributed by atoms with van der Waals surface area (Å²) in [4.78, 5) is 10.3. The van der Waals surface area contributed by atoms with Gasteiger partial charge in [-0.15, -0.1) is 6.42 Å². The molecule has 0 aliphatic carbocycles. The lowest BCUT2D eigenvalue weighted by Gasteiger charge is -1.97. The molecule has 1 aromatic carbocycles. The van der Waals surface area contributed by atoms with Gasteiger partial charge in [-0.05, 0) is 12.1 Å².